The van der Waals surface area contributed by atoms with Crippen LogP contribution in [0.5, 0.6) is 0 Å². The number of benzene rings is 2. The molecule has 0 spiro atoms. The molecular weight excluding hydrogens is 494 g/mol. The zero-order valence-corrected chi connectivity index (χ0v) is 19.1. The molecule has 0 radical (unpaired) electrons. The largest absolute Gasteiger partial charge is 0.416 e. The van der Waals surface area contributed by atoms with Gasteiger partial charge < -0.3 is 9.47 Å². The first-order chi connectivity index (χ1) is 17.0. The Morgan fingerprint density at radius 1 is 1.06 bits per heavy atom. The van der Waals surface area contributed by atoms with Gasteiger partial charge in [0.1, 0.15) is 5.82 Å². The summed E-state index contributed by atoms with van der Waals surface area (Å²) in [4.78, 5) is 16.0. The highest BCUT2D eigenvalue weighted by Gasteiger charge is 2.36. The first-order valence-electron chi connectivity index (χ1n) is 10.7. The van der Waals surface area contributed by atoms with Crippen LogP contribution in [0.2, 0.25) is 0 Å². The van der Waals surface area contributed by atoms with Crippen molar-refractivity contribution in [1.29, 1.82) is 0 Å². The number of rotatable bonds is 5. The van der Waals surface area contributed by atoms with E-state index in [1.165, 1.54) is 12.7 Å². The molecule has 7 nitrogen and oxygen atoms in total. The van der Waals surface area contributed by atoms with E-state index < -0.39 is 23.5 Å². The molecule has 2 N–H and O–H groups in total. The van der Waals surface area contributed by atoms with Crippen LogP contribution >= 0.6 is 0 Å². The van der Waals surface area contributed by atoms with Crippen molar-refractivity contribution in [2.45, 2.75) is 31.5 Å². The van der Waals surface area contributed by atoms with Gasteiger partial charge in [-0.05, 0) is 29.3 Å². The number of halogens is 6. The molecule has 13 heteroatoms. The van der Waals surface area contributed by atoms with Crippen LogP contribution in [-0.2, 0) is 35.0 Å². The highest BCUT2D eigenvalue weighted by Crippen LogP contribution is 2.36. The van der Waals surface area contributed by atoms with E-state index in [0.29, 0.717) is 37.7 Å². The Kier molecular flexibility index (Phi) is 8.93. The normalized spacial score (nSPS) is 16.9. The summed E-state index contributed by atoms with van der Waals surface area (Å²) in [5.74, 6) is 0.660. The summed E-state index contributed by atoms with van der Waals surface area (Å²) in [6, 6.07) is 11.8. The minimum atomic E-state index is -4.82. The predicted octanol–water partition coefficient (Wildman–Crippen LogP) is 4.54. The lowest BCUT2D eigenvalue weighted by Crippen LogP contribution is -2.39. The third kappa shape index (κ3) is 7.67. The minimum Gasteiger partial charge on any atom is -0.380 e. The van der Waals surface area contributed by atoms with E-state index in [0.717, 1.165) is 6.54 Å². The average molecular weight is 518 g/mol. The number of alkyl halides is 6. The summed E-state index contributed by atoms with van der Waals surface area (Å²) >= 11 is 0. The Hall–Kier alpha value is -3.16. The van der Waals surface area contributed by atoms with Gasteiger partial charge in [0, 0.05) is 13.7 Å². The number of H-pyrrole nitrogens is 2. The standard InChI is InChI=1S/C13H16N4O2.C10H8F6O/c18-13-14-12(15-16-13)8-17-6-7-19-9-11(17)10-4-2-1-3-5-10;1-17-5-6-2-7(9(11,12)13)4-8(3-6)10(14,15)16/h1-5,11H,6-9H2,(H2,14,15,16,18);2-4H,5H2,1H3/t11-;/m1./s1. The van der Waals surface area contributed by atoms with Crippen LogP contribution in [0.1, 0.15) is 34.1 Å². The second-order valence-corrected chi connectivity index (χ2v) is 7.94. The van der Waals surface area contributed by atoms with Gasteiger partial charge in [0.25, 0.3) is 0 Å². The Morgan fingerprint density at radius 2 is 1.69 bits per heavy atom. The Balaban J connectivity index is 0.000000202. The van der Waals surface area contributed by atoms with Gasteiger partial charge in [-0.3, -0.25) is 9.88 Å². The number of nitrogens with zero attached hydrogens (tertiary/aromatic N) is 2. The Morgan fingerprint density at radius 3 is 2.22 bits per heavy atom. The molecule has 1 aromatic heterocycles. The number of hydrogen-bond donors (Lipinski definition) is 2. The summed E-state index contributed by atoms with van der Waals surface area (Å²) in [6.45, 7) is 2.50. The number of methoxy groups -OCH3 is 1. The molecule has 0 unspecified atom stereocenters. The van der Waals surface area contributed by atoms with E-state index in [-0.39, 0.29) is 30.0 Å². The smallest absolute Gasteiger partial charge is 0.380 e. The summed E-state index contributed by atoms with van der Waals surface area (Å²) < 4.78 is 84.3. The molecule has 1 aliphatic heterocycles. The fourth-order valence-corrected chi connectivity index (χ4v) is 3.65. The number of nitrogens with one attached hydrogen (secondary N) is 2. The van der Waals surface area contributed by atoms with Crippen molar-refractivity contribution in [1.82, 2.24) is 20.1 Å². The molecule has 0 aliphatic carbocycles. The van der Waals surface area contributed by atoms with Gasteiger partial charge in [0.05, 0.1) is 43.5 Å². The van der Waals surface area contributed by atoms with Gasteiger partial charge in [0.15, 0.2) is 0 Å². The fraction of sp³-hybridized carbons (Fsp3) is 0.391. The number of ether oxygens (including phenoxy) is 2. The van der Waals surface area contributed by atoms with E-state index in [1.807, 2.05) is 18.2 Å². The lowest BCUT2D eigenvalue weighted by atomic mass is 10.1. The van der Waals surface area contributed by atoms with Crippen molar-refractivity contribution in [2.24, 2.45) is 0 Å². The molecule has 4 rings (SSSR count). The van der Waals surface area contributed by atoms with Gasteiger partial charge in [-0.2, -0.15) is 31.4 Å². The van der Waals surface area contributed by atoms with Gasteiger partial charge in [-0.25, -0.2) is 9.89 Å². The SMILES string of the molecule is COCc1cc(C(F)(F)F)cc(C(F)(F)F)c1.O=c1[nH]nc(CN2CCOC[C@@H]2c2ccccc2)[nH]1. The molecule has 36 heavy (non-hydrogen) atoms. The maximum Gasteiger partial charge on any atom is 0.416 e. The van der Waals surface area contributed by atoms with Crippen LogP contribution < -0.4 is 5.69 Å². The molecule has 2 aromatic carbocycles. The minimum absolute atomic E-state index is 0.0825. The first kappa shape index (κ1) is 27.4. The molecule has 1 atom stereocenters. The molecular formula is C23H24F6N4O3. The van der Waals surface area contributed by atoms with E-state index in [9.17, 15) is 31.1 Å². The zero-order valence-electron chi connectivity index (χ0n) is 19.1. The topological polar surface area (TPSA) is 83.2 Å². The summed E-state index contributed by atoms with van der Waals surface area (Å²) in [5.41, 5.74) is -1.88. The van der Waals surface area contributed by atoms with Crippen molar-refractivity contribution in [3.63, 3.8) is 0 Å². The van der Waals surface area contributed by atoms with Gasteiger partial charge >= 0.3 is 18.0 Å². The molecule has 0 saturated carbocycles. The molecule has 1 aliphatic rings. The number of aromatic nitrogens is 3. The van der Waals surface area contributed by atoms with E-state index in [2.05, 4.69) is 37.0 Å². The summed E-state index contributed by atoms with van der Waals surface area (Å²) in [7, 11) is 1.19. The van der Waals surface area contributed by atoms with Crippen LogP contribution in [0.4, 0.5) is 26.3 Å². The Bertz CT molecular complexity index is 1130. The van der Waals surface area contributed by atoms with E-state index in [1.54, 1.807) is 0 Å². The molecule has 2 heterocycles. The molecule has 0 bridgehead atoms. The van der Waals surface area contributed by atoms with E-state index in [4.69, 9.17) is 4.74 Å². The quantitative estimate of drug-likeness (QED) is 0.485. The van der Waals surface area contributed by atoms with Crippen molar-refractivity contribution in [3.8, 4) is 0 Å². The third-order valence-corrected chi connectivity index (χ3v) is 5.29. The summed E-state index contributed by atoms with van der Waals surface area (Å²) in [5, 5.41) is 6.36. The first-order valence-corrected chi connectivity index (χ1v) is 10.7. The molecule has 196 valence electrons. The Labute approximate surface area is 202 Å². The van der Waals surface area contributed by atoms with Crippen molar-refractivity contribution in [3.05, 3.63) is 87.1 Å². The lowest BCUT2D eigenvalue weighted by Gasteiger charge is -2.35. The van der Waals surface area contributed by atoms with Gasteiger partial charge in [0.2, 0.25) is 0 Å². The highest BCUT2D eigenvalue weighted by atomic mass is 19.4. The second kappa shape index (κ2) is 11.7. The monoisotopic (exact) mass is 518 g/mol. The average Bonchev–Trinajstić information content (AvgIpc) is 3.24. The summed E-state index contributed by atoms with van der Waals surface area (Å²) in [6.07, 6.45) is -9.63. The third-order valence-electron chi connectivity index (χ3n) is 5.29. The van der Waals surface area contributed by atoms with Crippen LogP contribution in [0, 0.1) is 0 Å². The van der Waals surface area contributed by atoms with Crippen LogP contribution in [0.15, 0.2) is 53.3 Å². The number of hydrogen-bond acceptors (Lipinski definition) is 5. The van der Waals surface area contributed by atoms with Gasteiger partial charge in [-0.1, -0.05) is 30.3 Å². The number of morpholine rings is 1. The van der Waals surface area contributed by atoms with Crippen LogP contribution in [0.3, 0.4) is 0 Å². The molecule has 3 aromatic rings. The van der Waals surface area contributed by atoms with Crippen molar-refractivity contribution < 1.29 is 35.8 Å². The number of aromatic amines is 2. The lowest BCUT2D eigenvalue weighted by molar-refractivity contribution is -0.143. The fourth-order valence-electron chi connectivity index (χ4n) is 3.65. The van der Waals surface area contributed by atoms with Crippen molar-refractivity contribution >= 4 is 0 Å². The van der Waals surface area contributed by atoms with Crippen molar-refractivity contribution in [2.75, 3.05) is 26.9 Å². The second-order valence-electron chi connectivity index (χ2n) is 7.94. The molecule has 1 saturated heterocycles. The molecule has 1 fully saturated rings. The van der Waals surface area contributed by atoms with Gasteiger partial charge in [-0.15, -0.1) is 0 Å². The van der Waals surface area contributed by atoms with Crippen LogP contribution in [-0.4, -0.2) is 46.9 Å². The predicted molar refractivity (Wildman–Crippen MR) is 117 cm³/mol. The van der Waals surface area contributed by atoms with Crippen LogP contribution in [0.25, 0.3) is 0 Å². The highest BCUT2D eigenvalue weighted by molar-refractivity contribution is 5.33. The zero-order chi connectivity index (χ0) is 26.3. The molecule has 0 amide bonds. The van der Waals surface area contributed by atoms with E-state index >= 15 is 0 Å². The maximum absolute atomic E-state index is 12.4. The maximum atomic E-state index is 12.4.